The molecule has 0 saturated carbocycles. The Bertz CT molecular complexity index is 1100. The molecule has 1 amide bonds. The maximum absolute atomic E-state index is 13.8. The van der Waals surface area contributed by atoms with E-state index in [9.17, 15) is 22.8 Å². The van der Waals surface area contributed by atoms with Crippen molar-refractivity contribution in [3.63, 3.8) is 0 Å². The Hall–Kier alpha value is -3.47. The van der Waals surface area contributed by atoms with Crippen LogP contribution in [0.1, 0.15) is 35.5 Å². The van der Waals surface area contributed by atoms with E-state index in [-0.39, 0.29) is 18.4 Å². The number of hydrogen-bond donors (Lipinski definition) is 2. The van der Waals surface area contributed by atoms with Crippen LogP contribution in [0.25, 0.3) is 5.82 Å². The summed E-state index contributed by atoms with van der Waals surface area (Å²) >= 11 is 0. The van der Waals surface area contributed by atoms with E-state index in [0.717, 1.165) is 37.0 Å². The summed E-state index contributed by atoms with van der Waals surface area (Å²) in [4.78, 5) is 26.1. The third-order valence-electron chi connectivity index (χ3n) is 5.30. The number of likely N-dealkylation sites (N-methyl/N-ethyl adjacent to an activating group) is 1. The second kappa shape index (κ2) is 10.4. The van der Waals surface area contributed by atoms with Crippen LogP contribution in [0.4, 0.5) is 13.2 Å². The molecule has 0 saturated heterocycles. The maximum Gasteiger partial charge on any atom is 0.434 e. The van der Waals surface area contributed by atoms with Gasteiger partial charge in [0.05, 0.1) is 11.8 Å². The molecular formula is C22H25F3N6O2. The van der Waals surface area contributed by atoms with Crippen LogP contribution in [0.2, 0.25) is 0 Å². The third kappa shape index (κ3) is 5.86. The van der Waals surface area contributed by atoms with Crippen molar-refractivity contribution in [1.82, 2.24) is 30.2 Å². The Kier molecular flexibility index (Phi) is 7.64. The lowest BCUT2D eigenvalue weighted by Gasteiger charge is -2.30. The number of amides is 1. The number of rotatable bonds is 9. The molecule has 0 radical (unpaired) electrons. The fourth-order valence-corrected chi connectivity index (χ4v) is 3.68. The molecule has 2 heterocycles. The van der Waals surface area contributed by atoms with Crippen LogP contribution >= 0.6 is 0 Å². The molecule has 1 aromatic carbocycles. The lowest BCUT2D eigenvalue weighted by Crippen LogP contribution is -2.45. The molecule has 11 heteroatoms. The van der Waals surface area contributed by atoms with Crippen LogP contribution in [-0.4, -0.2) is 56.5 Å². The second-order valence-electron chi connectivity index (χ2n) is 7.37. The molecular weight excluding hydrogens is 437 g/mol. The molecule has 0 aliphatic rings. The molecule has 0 aliphatic carbocycles. The highest BCUT2D eigenvalue weighted by atomic mass is 19.4. The van der Waals surface area contributed by atoms with Gasteiger partial charge in [0.15, 0.2) is 11.5 Å². The number of aromatic amines is 1. The minimum absolute atomic E-state index is 0.100. The molecule has 1 atom stereocenters. The molecule has 1 unspecified atom stereocenters. The Balaban J connectivity index is 1.85. The first-order valence-electron chi connectivity index (χ1n) is 10.5. The Morgan fingerprint density at radius 1 is 1.15 bits per heavy atom. The van der Waals surface area contributed by atoms with Gasteiger partial charge in [-0.05, 0) is 31.1 Å². The first-order chi connectivity index (χ1) is 15.7. The van der Waals surface area contributed by atoms with Gasteiger partial charge >= 0.3 is 6.18 Å². The summed E-state index contributed by atoms with van der Waals surface area (Å²) in [5, 5.41) is 12.0. The van der Waals surface area contributed by atoms with Crippen molar-refractivity contribution in [2.75, 3.05) is 19.6 Å². The minimum atomic E-state index is -4.87. The van der Waals surface area contributed by atoms with Gasteiger partial charge in [0.25, 0.3) is 11.5 Å². The molecule has 0 bridgehead atoms. The zero-order valence-electron chi connectivity index (χ0n) is 18.3. The number of carbonyl (C=O) groups excluding carboxylic acids is 1. The highest BCUT2D eigenvalue weighted by Crippen LogP contribution is 2.33. The molecule has 0 fully saturated rings. The number of alkyl halides is 3. The molecule has 2 N–H and O–H groups in total. The fourth-order valence-electron chi connectivity index (χ4n) is 3.68. The summed E-state index contributed by atoms with van der Waals surface area (Å²) < 4.78 is 42.0. The van der Waals surface area contributed by atoms with Crippen molar-refractivity contribution in [2.45, 2.75) is 32.5 Å². The van der Waals surface area contributed by atoms with Crippen molar-refractivity contribution in [2.24, 2.45) is 0 Å². The predicted octanol–water partition coefficient (Wildman–Crippen LogP) is 2.66. The standard InChI is InChI=1S/C22H25F3N6O2/c1-3-30(4-2)16(12-15-8-6-5-7-9-15)13-26-21(33)17-14-27-31(20(17)22(23,24)25)18-10-11-19(32)29-28-18/h5-11,14,16H,3-4,12-13H2,1-2H3,(H,26,33)(H,29,32). The van der Waals surface area contributed by atoms with Crippen LogP contribution in [0.15, 0.2) is 53.5 Å². The highest BCUT2D eigenvalue weighted by Gasteiger charge is 2.41. The molecule has 2 aromatic heterocycles. The smallest absolute Gasteiger partial charge is 0.350 e. The van der Waals surface area contributed by atoms with Gasteiger partial charge in [0, 0.05) is 18.7 Å². The monoisotopic (exact) mass is 462 g/mol. The average molecular weight is 462 g/mol. The van der Waals surface area contributed by atoms with Crippen molar-refractivity contribution >= 4 is 5.91 Å². The molecule has 0 aliphatic heterocycles. The van der Waals surface area contributed by atoms with Crippen molar-refractivity contribution < 1.29 is 18.0 Å². The van der Waals surface area contributed by atoms with Gasteiger partial charge < -0.3 is 5.32 Å². The zero-order chi connectivity index (χ0) is 24.0. The van der Waals surface area contributed by atoms with E-state index in [1.165, 1.54) is 0 Å². The van der Waals surface area contributed by atoms with Crippen molar-refractivity contribution in [3.05, 3.63) is 75.8 Å². The lowest BCUT2D eigenvalue weighted by atomic mass is 10.0. The lowest BCUT2D eigenvalue weighted by molar-refractivity contribution is -0.143. The quantitative estimate of drug-likeness (QED) is 0.510. The SMILES string of the molecule is CCN(CC)C(CNC(=O)c1cnn(-c2ccc(=O)[nH]n2)c1C(F)(F)F)Cc1ccccc1. The largest absolute Gasteiger partial charge is 0.434 e. The fraction of sp³-hybridized carbons (Fsp3) is 0.364. The van der Waals surface area contributed by atoms with E-state index < -0.39 is 28.9 Å². The summed E-state index contributed by atoms with van der Waals surface area (Å²) in [5.74, 6) is -1.14. The number of halogens is 3. The van der Waals surface area contributed by atoms with Crippen LogP contribution < -0.4 is 10.9 Å². The van der Waals surface area contributed by atoms with Crippen molar-refractivity contribution in [3.8, 4) is 5.82 Å². The summed E-state index contributed by atoms with van der Waals surface area (Å²) in [6.45, 7) is 5.61. The third-order valence-corrected chi connectivity index (χ3v) is 5.30. The zero-order valence-corrected chi connectivity index (χ0v) is 18.3. The van der Waals surface area contributed by atoms with Crippen LogP contribution in [0, 0.1) is 0 Å². The number of carbonyl (C=O) groups is 1. The van der Waals surface area contributed by atoms with E-state index >= 15 is 0 Å². The predicted molar refractivity (Wildman–Crippen MR) is 116 cm³/mol. The van der Waals surface area contributed by atoms with E-state index in [4.69, 9.17) is 0 Å². The van der Waals surface area contributed by atoms with Gasteiger partial charge in [0.2, 0.25) is 0 Å². The number of aromatic nitrogens is 4. The topological polar surface area (TPSA) is 95.9 Å². The molecule has 33 heavy (non-hydrogen) atoms. The van der Waals surface area contributed by atoms with E-state index in [1.54, 1.807) is 0 Å². The van der Waals surface area contributed by atoms with Crippen LogP contribution in [0.3, 0.4) is 0 Å². The molecule has 8 nitrogen and oxygen atoms in total. The van der Waals surface area contributed by atoms with Crippen LogP contribution in [0.5, 0.6) is 0 Å². The number of nitrogens with one attached hydrogen (secondary N) is 2. The van der Waals surface area contributed by atoms with Crippen LogP contribution in [-0.2, 0) is 12.6 Å². The van der Waals surface area contributed by atoms with E-state index in [1.807, 2.05) is 44.2 Å². The van der Waals surface area contributed by atoms with Gasteiger partial charge in [-0.25, -0.2) is 9.78 Å². The minimum Gasteiger partial charge on any atom is -0.350 e. The maximum atomic E-state index is 13.8. The second-order valence-corrected chi connectivity index (χ2v) is 7.37. The van der Waals surface area contributed by atoms with Gasteiger partial charge in [-0.1, -0.05) is 44.2 Å². The number of benzene rings is 1. The Labute approximate surface area is 188 Å². The summed E-state index contributed by atoms with van der Waals surface area (Å²) in [6, 6.07) is 11.7. The number of H-pyrrole nitrogens is 1. The van der Waals surface area contributed by atoms with Gasteiger partial charge in [-0.3, -0.25) is 14.5 Å². The normalized spacial score (nSPS) is 12.7. The van der Waals surface area contributed by atoms with Gasteiger partial charge in [-0.2, -0.15) is 23.4 Å². The Morgan fingerprint density at radius 3 is 2.42 bits per heavy atom. The van der Waals surface area contributed by atoms with E-state index in [0.29, 0.717) is 11.1 Å². The first-order valence-corrected chi connectivity index (χ1v) is 10.5. The summed E-state index contributed by atoms with van der Waals surface area (Å²) in [7, 11) is 0. The average Bonchev–Trinajstić information content (AvgIpc) is 3.25. The van der Waals surface area contributed by atoms with Crippen molar-refractivity contribution in [1.29, 1.82) is 0 Å². The van der Waals surface area contributed by atoms with Gasteiger partial charge in [-0.15, -0.1) is 0 Å². The summed E-state index contributed by atoms with van der Waals surface area (Å²) in [6.07, 6.45) is -3.38. The number of nitrogens with zero attached hydrogens (tertiary/aromatic N) is 4. The molecule has 3 rings (SSSR count). The Morgan fingerprint density at radius 2 is 1.85 bits per heavy atom. The first kappa shape index (κ1) is 24.2. The molecule has 0 spiro atoms. The molecule has 176 valence electrons. The number of hydrogen-bond acceptors (Lipinski definition) is 5. The molecule has 3 aromatic rings. The summed E-state index contributed by atoms with van der Waals surface area (Å²) in [5.41, 5.74) is -1.38. The highest BCUT2D eigenvalue weighted by molar-refractivity contribution is 5.95. The van der Waals surface area contributed by atoms with E-state index in [2.05, 4.69) is 25.5 Å². The van der Waals surface area contributed by atoms with Gasteiger partial charge in [0.1, 0.15) is 0 Å².